The van der Waals surface area contributed by atoms with Crippen molar-refractivity contribution in [1.82, 2.24) is 0 Å². The maximum atomic E-state index is 12.9. The molecule has 0 aliphatic heterocycles. The van der Waals surface area contributed by atoms with Gasteiger partial charge in [-0.2, -0.15) is 0 Å². The van der Waals surface area contributed by atoms with E-state index in [0.717, 1.165) is 70.6 Å². The van der Waals surface area contributed by atoms with Crippen LogP contribution < -0.4 is 0 Å². The fourth-order valence-corrected chi connectivity index (χ4v) is 9.79. The topological polar surface area (TPSA) is 78.9 Å². The maximum Gasteiger partial charge on any atom is 0.306 e. The lowest BCUT2D eigenvalue weighted by Gasteiger charge is -2.18. The largest absolute Gasteiger partial charge is 0.462 e. The van der Waals surface area contributed by atoms with Crippen LogP contribution in [0.2, 0.25) is 0 Å². The van der Waals surface area contributed by atoms with E-state index < -0.39 is 6.10 Å². The summed E-state index contributed by atoms with van der Waals surface area (Å²) < 4.78 is 16.9. The smallest absolute Gasteiger partial charge is 0.306 e. The molecule has 0 spiro atoms. The van der Waals surface area contributed by atoms with Crippen molar-refractivity contribution < 1.29 is 28.6 Å². The zero-order valence-electron chi connectivity index (χ0n) is 48.7. The minimum atomic E-state index is -0.776. The lowest BCUT2D eigenvalue weighted by Crippen LogP contribution is -2.30. The van der Waals surface area contributed by atoms with Crippen LogP contribution in [-0.4, -0.2) is 37.2 Å². The van der Waals surface area contributed by atoms with Gasteiger partial charge < -0.3 is 14.2 Å². The molecule has 0 aromatic carbocycles. The maximum absolute atomic E-state index is 12.9. The highest BCUT2D eigenvalue weighted by atomic mass is 16.6. The van der Waals surface area contributed by atoms with Crippen molar-refractivity contribution >= 4 is 17.9 Å². The summed E-state index contributed by atoms with van der Waals surface area (Å²) in [7, 11) is 0. The first kappa shape index (κ1) is 69.9. The highest BCUT2D eigenvalue weighted by Gasteiger charge is 2.19. The number of hydrogen-bond acceptors (Lipinski definition) is 6. The van der Waals surface area contributed by atoms with Crippen molar-refractivity contribution in [2.45, 2.75) is 367 Å². The molecule has 0 fully saturated rings. The van der Waals surface area contributed by atoms with E-state index in [-0.39, 0.29) is 31.1 Å². The molecule has 1 atom stereocenters. The van der Waals surface area contributed by atoms with Crippen LogP contribution in [0.5, 0.6) is 0 Å². The third-order valence-electron chi connectivity index (χ3n) is 14.7. The van der Waals surface area contributed by atoms with Crippen molar-refractivity contribution in [1.29, 1.82) is 0 Å². The van der Waals surface area contributed by atoms with Crippen molar-refractivity contribution in [3.8, 4) is 0 Å². The first-order valence-electron chi connectivity index (χ1n) is 32.3. The molecule has 0 radical (unpaired) electrons. The van der Waals surface area contributed by atoms with Crippen molar-refractivity contribution in [3.05, 3.63) is 24.3 Å². The Balaban J connectivity index is 4.30. The Kier molecular flexibility index (Phi) is 59.6. The molecule has 0 bridgehead atoms. The summed E-state index contributed by atoms with van der Waals surface area (Å²) in [6, 6.07) is 0. The Labute approximate surface area is 449 Å². The van der Waals surface area contributed by atoms with Crippen LogP contribution in [-0.2, 0) is 28.6 Å². The van der Waals surface area contributed by atoms with E-state index in [1.165, 1.54) is 250 Å². The van der Waals surface area contributed by atoms with Gasteiger partial charge >= 0.3 is 17.9 Å². The summed E-state index contributed by atoms with van der Waals surface area (Å²) in [5, 5.41) is 0. The standard InChI is InChI=1S/C66H124O6/c1-4-7-10-13-16-19-22-25-28-31-32-33-34-35-36-39-41-44-47-50-53-56-59-65(68)71-62-63(72-66(69)60-57-54-51-48-45-42-38-30-27-24-21-18-15-12-9-6-3)61-70-64(67)58-55-52-49-46-43-40-37-29-26-23-20-17-14-11-8-5-2/h29-30,37-38,63H,4-28,31-36,39-62H2,1-3H3/b37-29-,38-30-. The van der Waals surface area contributed by atoms with Gasteiger partial charge in [0.25, 0.3) is 0 Å². The van der Waals surface area contributed by atoms with Gasteiger partial charge in [0.1, 0.15) is 13.2 Å². The molecule has 0 aliphatic rings. The van der Waals surface area contributed by atoms with Gasteiger partial charge in [0, 0.05) is 19.3 Å². The van der Waals surface area contributed by atoms with Crippen LogP contribution in [0.1, 0.15) is 361 Å². The third kappa shape index (κ3) is 58.8. The summed E-state index contributed by atoms with van der Waals surface area (Å²) in [5.41, 5.74) is 0. The molecule has 0 aromatic heterocycles. The highest BCUT2D eigenvalue weighted by molar-refractivity contribution is 5.71. The average Bonchev–Trinajstić information content (AvgIpc) is 3.38. The van der Waals surface area contributed by atoms with Gasteiger partial charge in [-0.15, -0.1) is 0 Å². The second-order valence-electron chi connectivity index (χ2n) is 22.0. The van der Waals surface area contributed by atoms with Crippen LogP contribution in [0.3, 0.4) is 0 Å². The van der Waals surface area contributed by atoms with E-state index in [2.05, 4.69) is 45.1 Å². The number of unbranched alkanes of at least 4 members (excludes halogenated alkanes) is 45. The zero-order valence-corrected chi connectivity index (χ0v) is 48.7. The van der Waals surface area contributed by atoms with Gasteiger partial charge in [0.2, 0.25) is 0 Å². The molecule has 0 rings (SSSR count). The molecule has 0 amide bonds. The van der Waals surface area contributed by atoms with E-state index in [4.69, 9.17) is 14.2 Å². The number of rotatable bonds is 60. The molecule has 424 valence electrons. The molecule has 6 nitrogen and oxygen atoms in total. The fraction of sp³-hybridized carbons (Fsp3) is 0.894. The van der Waals surface area contributed by atoms with Gasteiger partial charge in [0.15, 0.2) is 6.10 Å². The molecule has 0 saturated carbocycles. The first-order valence-corrected chi connectivity index (χ1v) is 32.3. The Morgan fingerprint density at radius 3 is 0.694 bits per heavy atom. The fourth-order valence-electron chi connectivity index (χ4n) is 9.79. The van der Waals surface area contributed by atoms with Crippen LogP contribution in [0.15, 0.2) is 24.3 Å². The summed E-state index contributed by atoms with van der Waals surface area (Å²) in [6.07, 6.45) is 73.3. The number of carbonyl (C=O) groups is 3. The normalized spacial score (nSPS) is 12.1. The summed E-state index contributed by atoms with van der Waals surface area (Å²) >= 11 is 0. The lowest BCUT2D eigenvalue weighted by atomic mass is 10.0. The summed E-state index contributed by atoms with van der Waals surface area (Å²) in [5.74, 6) is -0.863. The molecule has 0 aliphatic carbocycles. The Morgan fingerprint density at radius 2 is 0.458 bits per heavy atom. The average molecular weight is 1010 g/mol. The van der Waals surface area contributed by atoms with E-state index in [1.54, 1.807) is 0 Å². The molecule has 0 N–H and O–H groups in total. The zero-order chi connectivity index (χ0) is 52.2. The number of allylic oxidation sites excluding steroid dienone is 4. The van der Waals surface area contributed by atoms with E-state index in [9.17, 15) is 14.4 Å². The number of esters is 3. The molecule has 0 aromatic rings. The van der Waals surface area contributed by atoms with Gasteiger partial charge in [-0.25, -0.2) is 0 Å². The summed E-state index contributed by atoms with van der Waals surface area (Å²) in [4.78, 5) is 38.3. The summed E-state index contributed by atoms with van der Waals surface area (Å²) in [6.45, 7) is 6.69. The van der Waals surface area contributed by atoms with Gasteiger partial charge in [-0.05, 0) is 70.6 Å². The van der Waals surface area contributed by atoms with Gasteiger partial charge in [-0.3, -0.25) is 14.4 Å². The Bertz CT molecular complexity index is 1160. The van der Waals surface area contributed by atoms with Crippen LogP contribution in [0.4, 0.5) is 0 Å². The molecule has 1 unspecified atom stereocenters. The quantitative estimate of drug-likeness (QED) is 0.0261. The van der Waals surface area contributed by atoms with Crippen LogP contribution >= 0.6 is 0 Å². The monoisotopic (exact) mass is 1010 g/mol. The van der Waals surface area contributed by atoms with Crippen LogP contribution in [0, 0.1) is 0 Å². The molecule has 0 saturated heterocycles. The van der Waals surface area contributed by atoms with Crippen molar-refractivity contribution in [2.75, 3.05) is 13.2 Å². The van der Waals surface area contributed by atoms with Crippen LogP contribution in [0.25, 0.3) is 0 Å². The van der Waals surface area contributed by atoms with Crippen molar-refractivity contribution in [2.24, 2.45) is 0 Å². The Hall–Kier alpha value is -2.11. The minimum absolute atomic E-state index is 0.0723. The van der Waals surface area contributed by atoms with E-state index in [0.29, 0.717) is 19.3 Å². The minimum Gasteiger partial charge on any atom is -0.462 e. The third-order valence-corrected chi connectivity index (χ3v) is 14.7. The predicted octanol–water partition coefficient (Wildman–Crippen LogP) is 21.8. The molecule has 72 heavy (non-hydrogen) atoms. The number of hydrogen-bond donors (Lipinski definition) is 0. The molecule has 6 heteroatoms. The Morgan fingerprint density at radius 1 is 0.264 bits per heavy atom. The van der Waals surface area contributed by atoms with E-state index in [1.807, 2.05) is 0 Å². The van der Waals surface area contributed by atoms with E-state index >= 15 is 0 Å². The van der Waals surface area contributed by atoms with Crippen molar-refractivity contribution in [3.63, 3.8) is 0 Å². The lowest BCUT2D eigenvalue weighted by molar-refractivity contribution is -0.167. The molecule has 0 heterocycles. The highest BCUT2D eigenvalue weighted by Crippen LogP contribution is 2.18. The SMILES string of the molecule is CCCCCCCCC/C=C\CCCCCCCC(=O)OCC(COC(=O)CCCCCCCCCCCCCCCCCCCCCCCC)OC(=O)CCCCCCC/C=C\CCCCCCCCC. The van der Waals surface area contributed by atoms with Gasteiger partial charge in [0.05, 0.1) is 0 Å². The first-order chi connectivity index (χ1) is 35.5. The second kappa shape index (κ2) is 61.4. The van der Waals surface area contributed by atoms with Gasteiger partial charge in [-0.1, -0.05) is 295 Å². The molecular weight excluding hydrogens is 889 g/mol. The molecular formula is C66H124O6. The predicted molar refractivity (Wildman–Crippen MR) is 312 cm³/mol. The second-order valence-corrected chi connectivity index (χ2v) is 22.0. The number of ether oxygens (including phenoxy) is 3. The number of carbonyl (C=O) groups excluding carboxylic acids is 3.